The quantitative estimate of drug-likeness (QED) is 0.855. The Balaban J connectivity index is 1.97. The van der Waals surface area contributed by atoms with Gasteiger partial charge in [0.05, 0.1) is 6.61 Å². The van der Waals surface area contributed by atoms with Gasteiger partial charge in [0.1, 0.15) is 0 Å². The Hall–Kier alpha value is -0.900. The largest absolute Gasteiger partial charge is 0.490 e. The van der Waals surface area contributed by atoms with E-state index in [2.05, 4.69) is 23.5 Å². The third kappa shape index (κ3) is 4.30. The predicted molar refractivity (Wildman–Crippen MR) is 83.2 cm³/mol. The minimum absolute atomic E-state index is 0.532. The van der Waals surface area contributed by atoms with Gasteiger partial charge in [-0.05, 0) is 44.1 Å². The zero-order chi connectivity index (χ0) is 13.5. The number of hydrogen-bond donors (Lipinski definition) is 1. The summed E-state index contributed by atoms with van der Waals surface area (Å²) in [6, 6.07) is 4.46. The molecule has 1 N–H and O–H groups in total. The maximum Gasteiger partial charge on any atom is 0.168 e. The van der Waals surface area contributed by atoms with Gasteiger partial charge in [-0.15, -0.1) is 0 Å². The van der Waals surface area contributed by atoms with Gasteiger partial charge in [-0.3, -0.25) is 0 Å². The van der Waals surface area contributed by atoms with Crippen molar-refractivity contribution < 1.29 is 4.74 Å². The number of ether oxygens (including phenoxy) is 1. The van der Waals surface area contributed by atoms with Crippen LogP contribution in [0.3, 0.4) is 0 Å². The normalized spacial score (nSPS) is 23.1. The highest BCUT2D eigenvalue weighted by atomic mass is 32.2. The molecule has 3 nitrogen and oxygen atoms in total. The molecular formula is C15H24N2OS. The number of hydrogen-bond acceptors (Lipinski definition) is 4. The van der Waals surface area contributed by atoms with E-state index in [0.717, 1.165) is 29.8 Å². The SMILES string of the molecule is CCCOc1cccnc1NC1CCCC(SC)C1. The number of nitrogens with one attached hydrogen (secondary N) is 1. The lowest BCUT2D eigenvalue weighted by Gasteiger charge is -2.29. The van der Waals surface area contributed by atoms with E-state index < -0.39 is 0 Å². The molecule has 1 aliphatic rings. The van der Waals surface area contributed by atoms with Crippen LogP contribution < -0.4 is 10.1 Å². The highest BCUT2D eigenvalue weighted by Gasteiger charge is 2.22. The van der Waals surface area contributed by atoms with E-state index in [1.54, 1.807) is 0 Å². The van der Waals surface area contributed by atoms with E-state index in [-0.39, 0.29) is 0 Å². The van der Waals surface area contributed by atoms with Crippen LogP contribution in [0.1, 0.15) is 39.0 Å². The Labute approximate surface area is 120 Å². The maximum atomic E-state index is 5.75. The van der Waals surface area contributed by atoms with Crippen LogP contribution in [0.5, 0.6) is 5.75 Å². The molecule has 106 valence electrons. The Bertz CT molecular complexity index is 386. The second-order valence-corrected chi connectivity index (χ2v) is 6.20. The van der Waals surface area contributed by atoms with E-state index in [1.165, 1.54) is 25.7 Å². The Morgan fingerprint density at radius 2 is 2.37 bits per heavy atom. The Kier molecular flexibility index (Phi) is 5.83. The second-order valence-electron chi connectivity index (χ2n) is 5.06. The van der Waals surface area contributed by atoms with Crippen molar-refractivity contribution in [3.05, 3.63) is 18.3 Å². The summed E-state index contributed by atoms with van der Waals surface area (Å²) in [7, 11) is 0. The molecule has 0 bridgehead atoms. The monoisotopic (exact) mass is 280 g/mol. The van der Waals surface area contributed by atoms with Crippen LogP contribution in [0.2, 0.25) is 0 Å². The molecule has 0 radical (unpaired) electrons. The van der Waals surface area contributed by atoms with Gasteiger partial charge in [0.15, 0.2) is 11.6 Å². The van der Waals surface area contributed by atoms with Gasteiger partial charge in [0.2, 0.25) is 0 Å². The van der Waals surface area contributed by atoms with E-state index in [9.17, 15) is 0 Å². The van der Waals surface area contributed by atoms with Gasteiger partial charge < -0.3 is 10.1 Å². The Morgan fingerprint density at radius 1 is 1.47 bits per heavy atom. The zero-order valence-electron chi connectivity index (χ0n) is 11.9. The number of anilines is 1. The molecule has 0 amide bonds. The number of aromatic nitrogens is 1. The molecule has 0 aromatic carbocycles. The number of pyridine rings is 1. The topological polar surface area (TPSA) is 34.1 Å². The van der Waals surface area contributed by atoms with Gasteiger partial charge in [0.25, 0.3) is 0 Å². The van der Waals surface area contributed by atoms with Gasteiger partial charge in [-0.1, -0.05) is 13.3 Å². The van der Waals surface area contributed by atoms with Crippen molar-refractivity contribution in [1.29, 1.82) is 0 Å². The van der Waals surface area contributed by atoms with Crippen LogP contribution in [0.25, 0.3) is 0 Å². The first-order valence-corrected chi connectivity index (χ1v) is 8.49. The van der Waals surface area contributed by atoms with Crippen LogP contribution in [-0.2, 0) is 0 Å². The third-order valence-corrected chi connectivity index (χ3v) is 4.63. The predicted octanol–water partition coefficient (Wildman–Crippen LogP) is 3.96. The van der Waals surface area contributed by atoms with E-state index in [1.807, 2.05) is 30.1 Å². The molecule has 0 saturated heterocycles. The van der Waals surface area contributed by atoms with Gasteiger partial charge in [-0.2, -0.15) is 11.8 Å². The fourth-order valence-corrected chi connectivity index (χ4v) is 3.34. The van der Waals surface area contributed by atoms with Crippen molar-refractivity contribution in [3.8, 4) is 5.75 Å². The smallest absolute Gasteiger partial charge is 0.168 e. The van der Waals surface area contributed by atoms with Crippen molar-refractivity contribution >= 4 is 17.6 Å². The minimum Gasteiger partial charge on any atom is -0.490 e. The summed E-state index contributed by atoms with van der Waals surface area (Å²) in [5, 5.41) is 4.36. The maximum absolute atomic E-state index is 5.75. The lowest BCUT2D eigenvalue weighted by molar-refractivity contribution is 0.317. The van der Waals surface area contributed by atoms with E-state index >= 15 is 0 Å². The third-order valence-electron chi connectivity index (χ3n) is 3.53. The fourth-order valence-electron chi connectivity index (χ4n) is 2.51. The summed E-state index contributed by atoms with van der Waals surface area (Å²) in [5.41, 5.74) is 0. The molecule has 0 spiro atoms. The zero-order valence-corrected chi connectivity index (χ0v) is 12.7. The summed E-state index contributed by atoms with van der Waals surface area (Å²) < 4.78 is 5.75. The number of rotatable bonds is 6. The van der Waals surface area contributed by atoms with Crippen molar-refractivity contribution in [1.82, 2.24) is 4.98 Å². The average molecular weight is 280 g/mol. The van der Waals surface area contributed by atoms with Crippen molar-refractivity contribution in [2.75, 3.05) is 18.2 Å². The molecule has 1 heterocycles. The standard InChI is InChI=1S/C15H24N2OS/c1-3-10-18-14-8-5-9-16-15(14)17-12-6-4-7-13(11-12)19-2/h5,8-9,12-13H,3-4,6-7,10-11H2,1-2H3,(H,16,17). The van der Waals surface area contributed by atoms with Crippen LogP contribution >= 0.6 is 11.8 Å². The summed E-state index contributed by atoms with van der Waals surface area (Å²) in [6.07, 6.45) is 10.2. The molecule has 1 aliphatic carbocycles. The number of nitrogens with zero attached hydrogens (tertiary/aromatic N) is 1. The average Bonchev–Trinajstić information content (AvgIpc) is 2.46. The molecular weight excluding hydrogens is 256 g/mol. The van der Waals surface area contributed by atoms with Crippen molar-refractivity contribution in [2.24, 2.45) is 0 Å². The first-order valence-electron chi connectivity index (χ1n) is 7.20. The summed E-state index contributed by atoms with van der Waals surface area (Å²) in [5.74, 6) is 1.79. The summed E-state index contributed by atoms with van der Waals surface area (Å²) in [4.78, 5) is 4.43. The molecule has 1 saturated carbocycles. The van der Waals surface area contributed by atoms with Gasteiger partial charge in [0, 0.05) is 17.5 Å². The fraction of sp³-hybridized carbons (Fsp3) is 0.667. The van der Waals surface area contributed by atoms with Gasteiger partial charge >= 0.3 is 0 Å². The Morgan fingerprint density at radius 3 is 3.16 bits per heavy atom. The van der Waals surface area contributed by atoms with Crippen LogP contribution in [-0.4, -0.2) is 29.1 Å². The summed E-state index contributed by atoms with van der Waals surface area (Å²) >= 11 is 1.99. The lowest BCUT2D eigenvalue weighted by atomic mass is 9.95. The molecule has 1 fully saturated rings. The molecule has 19 heavy (non-hydrogen) atoms. The minimum atomic E-state index is 0.532. The van der Waals surface area contributed by atoms with Crippen LogP contribution in [0, 0.1) is 0 Å². The lowest BCUT2D eigenvalue weighted by Crippen LogP contribution is -2.29. The van der Waals surface area contributed by atoms with Crippen molar-refractivity contribution in [2.45, 2.75) is 50.3 Å². The molecule has 4 heteroatoms. The molecule has 2 rings (SSSR count). The second kappa shape index (κ2) is 7.63. The first kappa shape index (κ1) is 14.5. The molecule has 1 aromatic rings. The van der Waals surface area contributed by atoms with E-state index in [4.69, 9.17) is 4.74 Å². The molecule has 0 aliphatic heterocycles. The van der Waals surface area contributed by atoms with Gasteiger partial charge in [-0.25, -0.2) is 4.98 Å². The molecule has 2 unspecified atom stereocenters. The molecule has 1 aromatic heterocycles. The highest BCUT2D eigenvalue weighted by molar-refractivity contribution is 7.99. The highest BCUT2D eigenvalue weighted by Crippen LogP contribution is 2.30. The number of thioether (sulfide) groups is 1. The van der Waals surface area contributed by atoms with E-state index in [0.29, 0.717) is 6.04 Å². The van der Waals surface area contributed by atoms with Crippen LogP contribution in [0.4, 0.5) is 5.82 Å². The molecule has 2 atom stereocenters. The van der Waals surface area contributed by atoms with Crippen molar-refractivity contribution in [3.63, 3.8) is 0 Å². The summed E-state index contributed by atoms with van der Waals surface area (Å²) in [6.45, 7) is 2.87. The first-order chi connectivity index (χ1) is 9.33. The van der Waals surface area contributed by atoms with Crippen LogP contribution in [0.15, 0.2) is 18.3 Å².